The summed E-state index contributed by atoms with van der Waals surface area (Å²) in [7, 11) is 0. The first kappa shape index (κ1) is 19.3. The number of hydrogen-bond acceptors (Lipinski definition) is 7. The van der Waals surface area contributed by atoms with Crippen molar-refractivity contribution in [3.63, 3.8) is 0 Å². The van der Waals surface area contributed by atoms with Gasteiger partial charge in [-0.3, -0.25) is 9.78 Å². The first-order valence-corrected chi connectivity index (χ1v) is 10.1. The first-order valence-electron chi connectivity index (χ1n) is 10.1. The number of carbonyl (C=O) groups is 1. The normalized spacial score (nSPS) is 17.1. The molecule has 1 atom stereocenters. The third-order valence-corrected chi connectivity index (χ3v) is 5.38. The Morgan fingerprint density at radius 2 is 2.24 bits per heavy atom. The van der Waals surface area contributed by atoms with Crippen LogP contribution in [0, 0.1) is 0 Å². The van der Waals surface area contributed by atoms with Gasteiger partial charge in [-0.2, -0.15) is 9.61 Å². The molecule has 3 aromatic heterocycles. The first-order chi connectivity index (χ1) is 14.2. The third-order valence-electron chi connectivity index (χ3n) is 5.38. The van der Waals surface area contributed by atoms with E-state index in [1.54, 1.807) is 6.20 Å². The zero-order valence-electron chi connectivity index (χ0n) is 16.6. The fourth-order valence-electron chi connectivity index (χ4n) is 3.85. The van der Waals surface area contributed by atoms with Gasteiger partial charge in [0.25, 0.3) is 0 Å². The summed E-state index contributed by atoms with van der Waals surface area (Å²) in [5.41, 5.74) is 2.91. The minimum Gasteiger partial charge on any atom is -0.396 e. The van der Waals surface area contributed by atoms with Crippen LogP contribution in [0.5, 0.6) is 0 Å². The molecule has 0 bridgehead atoms. The summed E-state index contributed by atoms with van der Waals surface area (Å²) >= 11 is 0. The highest BCUT2D eigenvalue weighted by Gasteiger charge is 2.30. The number of pyridine rings is 1. The molecular weight excluding hydrogens is 368 g/mol. The molecule has 1 saturated heterocycles. The molecule has 1 aliphatic rings. The Bertz CT molecular complexity index is 988. The van der Waals surface area contributed by atoms with Crippen molar-refractivity contribution in [1.82, 2.24) is 19.6 Å². The molecule has 1 fully saturated rings. The summed E-state index contributed by atoms with van der Waals surface area (Å²) in [6.07, 6.45) is 8.02. The van der Waals surface area contributed by atoms with Crippen LogP contribution in [0.4, 0.5) is 11.6 Å². The van der Waals surface area contributed by atoms with E-state index in [1.165, 1.54) is 0 Å². The van der Waals surface area contributed by atoms with Crippen LogP contribution in [0.1, 0.15) is 37.3 Å². The fraction of sp³-hybridized carbons (Fsp3) is 0.429. The molecule has 1 aliphatic heterocycles. The molecule has 1 unspecified atom stereocenters. The van der Waals surface area contributed by atoms with Gasteiger partial charge in [-0.1, -0.05) is 13.0 Å². The number of rotatable bonds is 7. The Morgan fingerprint density at radius 3 is 3.00 bits per heavy atom. The SMILES string of the molecule is CCc1cnn2c(NCc3cccnc3)cc(N3CCCC(=O)C3CCO)nc12. The summed E-state index contributed by atoms with van der Waals surface area (Å²) in [6.45, 7) is 3.41. The maximum atomic E-state index is 12.5. The minimum absolute atomic E-state index is 0.0197. The number of ketones is 1. The van der Waals surface area contributed by atoms with E-state index in [0.29, 0.717) is 19.4 Å². The van der Waals surface area contributed by atoms with Crippen LogP contribution in [0.25, 0.3) is 5.65 Å². The van der Waals surface area contributed by atoms with Crippen molar-refractivity contribution in [3.8, 4) is 0 Å². The Kier molecular flexibility index (Phi) is 5.71. The lowest BCUT2D eigenvalue weighted by molar-refractivity contribution is -0.121. The highest BCUT2D eigenvalue weighted by atomic mass is 16.3. The van der Waals surface area contributed by atoms with Crippen molar-refractivity contribution in [2.24, 2.45) is 0 Å². The van der Waals surface area contributed by atoms with E-state index in [-0.39, 0.29) is 18.4 Å². The number of aryl methyl sites for hydroxylation is 1. The van der Waals surface area contributed by atoms with Gasteiger partial charge < -0.3 is 15.3 Å². The lowest BCUT2D eigenvalue weighted by Gasteiger charge is -2.35. The number of piperidine rings is 1. The smallest absolute Gasteiger partial charge is 0.162 e. The number of fused-ring (bicyclic) bond motifs is 1. The molecule has 29 heavy (non-hydrogen) atoms. The van der Waals surface area contributed by atoms with Gasteiger partial charge >= 0.3 is 0 Å². The van der Waals surface area contributed by atoms with E-state index in [0.717, 1.165) is 47.8 Å². The minimum atomic E-state index is -0.331. The van der Waals surface area contributed by atoms with E-state index in [1.807, 2.05) is 40.0 Å². The Morgan fingerprint density at radius 1 is 1.34 bits per heavy atom. The largest absolute Gasteiger partial charge is 0.396 e. The molecule has 0 saturated carbocycles. The zero-order valence-corrected chi connectivity index (χ0v) is 16.6. The number of nitrogens with one attached hydrogen (secondary N) is 1. The maximum Gasteiger partial charge on any atom is 0.162 e. The third kappa shape index (κ3) is 3.93. The molecule has 0 amide bonds. The molecule has 2 N–H and O–H groups in total. The maximum absolute atomic E-state index is 12.5. The lowest BCUT2D eigenvalue weighted by atomic mass is 9.98. The highest BCUT2D eigenvalue weighted by Crippen LogP contribution is 2.27. The number of aromatic nitrogens is 4. The van der Waals surface area contributed by atoms with Gasteiger partial charge in [-0.15, -0.1) is 0 Å². The summed E-state index contributed by atoms with van der Waals surface area (Å²) in [5, 5.41) is 17.4. The number of hydrogen-bond donors (Lipinski definition) is 2. The number of aliphatic hydroxyl groups is 1. The van der Waals surface area contributed by atoms with Crippen molar-refractivity contribution < 1.29 is 9.90 Å². The summed E-state index contributed by atoms with van der Waals surface area (Å²) in [5.74, 6) is 1.73. The lowest BCUT2D eigenvalue weighted by Crippen LogP contribution is -2.46. The number of nitrogens with zero attached hydrogens (tertiary/aromatic N) is 5. The summed E-state index contributed by atoms with van der Waals surface area (Å²) in [6, 6.07) is 5.54. The van der Waals surface area contributed by atoms with E-state index >= 15 is 0 Å². The van der Waals surface area contributed by atoms with E-state index in [4.69, 9.17) is 4.98 Å². The number of aliphatic hydroxyl groups excluding tert-OH is 1. The standard InChI is InChI=1S/C21H26N6O2/c1-2-16-14-24-27-19(23-13-15-5-3-8-22-12-15)11-20(25-21(16)27)26-9-4-6-18(29)17(26)7-10-28/h3,5,8,11-12,14,17,23,28H,2,4,6-7,9-10,13H2,1H3. The van der Waals surface area contributed by atoms with Gasteiger partial charge in [0, 0.05) is 50.1 Å². The molecule has 8 nitrogen and oxygen atoms in total. The molecular formula is C21H26N6O2. The molecule has 8 heteroatoms. The van der Waals surface area contributed by atoms with E-state index < -0.39 is 0 Å². The van der Waals surface area contributed by atoms with Crippen LogP contribution in [-0.4, -0.2) is 49.7 Å². The van der Waals surface area contributed by atoms with Crippen LogP contribution in [0.15, 0.2) is 36.8 Å². The molecule has 0 aliphatic carbocycles. The van der Waals surface area contributed by atoms with Gasteiger partial charge in [0.2, 0.25) is 0 Å². The molecule has 0 aromatic carbocycles. The number of anilines is 2. The predicted octanol–water partition coefficient (Wildman–Crippen LogP) is 2.22. The Labute approximate surface area is 169 Å². The molecule has 152 valence electrons. The highest BCUT2D eigenvalue weighted by molar-refractivity contribution is 5.88. The molecule has 3 aromatic rings. The Balaban J connectivity index is 1.72. The zero-order chi connectivity index (χ0) is 20.2. The van der Waals surface area contributed by atoms with Crippen molar-refractivity contribution in [3.05, 3.63) is 47.9 Å². The molecule has 4 rings (SSSR count). The van der Waals surface area contributed by atoms with Gasteiger partial charge in [-0.25, -0.2) is 4.98 Å². The van der Waals surface area contributed by atoms with Crippen LogP contribution in [0.3, 0.4) is 0 Å². The average molecular weight is 394 g/mol. The summed E-state index contributed by atoms with van der Waals surface area (Å²) < 4.78 is 1.81. The second-order valence-corrected chi connectivity index (χ2v) is 7.26. The van der Waals surface area contributed by atoms with E-state index in [2.05, 4.69) is 22.3 Å². The van der Waals surface area contributed by atoms with Crippen LogP contribution in [0.2, 0.25) is 0 Å². The number of carbonyl (C=O) groups excluding carboxylic acids is 1. The van der Waals surface area contributed by atoms with Crippen molar-refractivity contribution in [2.75, 3.05) is 23.4 Å². The predicted molar refractivity (Wildman–Crippen MR) is 111 cm³/mol. The van der Waals surface area contributed by atoms with Gasteiger partial charge in [0.15, 0.2) is 11.4 Å². The van der Waals surface area contributed by atoms with Crippen LogP contribution < -0.4 is 10.2 Å². The summed E-state index contributed by atoms with van der Waals surface area (Å²) in [4.78, 5) is 23.5. The topological polar surface area (TPSA) is 95.7 Å². The molecule has 4 heterocycles. The van der Waals surface area contributed by atoms with Gasteiger partial charge in [-0.05, 0) is 30.9 Å². The molecule has 0 spiro atoms. The van der Waals surface area contributed by atoms with Gasteiger partial charge in [0.05, 0.1) is 12.2 Å². The van der Waals surface area contributed by atoms with Crippen molar-refractivity contribution in [1.29, 1.82) is 0 Å². The second-order valence-electron chi connectivity index (χ2n) is 7.26. The van der Waals surface area contributed by atoms with Crippen molar-refractivity contribution in [2.45, 2.75) is 45.2 Å². The quantitative estimate of drug-likeness (QED) is 0.634. The monoisotopic (exact) mass is 394 g/mol. The van der Waals surface area contributed by atoms with Crippen LogP contribution >= 0.6 is 0 Å². The van der Waals surface area contributed by atoms with Crippen molar-refractivity contribution >= 4 is 23.1 Å². The number of Topliss-reactive ketones (excluding diaryl/α,β-unsaturated/α-hetero) is 1. The molecule has 0 radical (unpaired) electrons. The van der Waals surface area contributed by atoms with Gasteiger partial charge in [0.1, 0.15) is 11.6 Å². The Hall–Kier alpha value is -3.00. The van der Waals surface area contributed by atoms with Crippen LogP contribution in [-0.2, 0) is 17.8 Å². The average Bonchev–Trinajstić information content (AvgIpc) is 3.17. The van der Waals surface area contributed by atoms with E-state index in [9.17, 15) is 9.90 Å². The fourth-order valence-corrected chi connectivity index (χ4v) is 3.85. The second kappa shape index (κ2) is 8.57.